The van der Waals surface area contributed by atoms with E-state index in [1.54, 1.807) is 12.1 Å². The number of amides is 1. The molecular weight excluding hydrogens is 339 g/mol. The van der Waals surface area contributed by atoms with Crippen molar-refractivity contribution in [2.24, 2.45) is 0 Å². The number of rotatable bonds is 5. The Morgan fingerprint density at radius 3 is 2.72 bits per heavy atom. The molecule has 0 bridgehead atoms. The van der Waals surface area contributed by atoms with Crippen LogP contribution < -0.4 is 19.5 Å². The molecule has 0 aromatic heterocycles. The van der Waals surface area contributed by atoms with Crippen LogP contribution in [0.2, 0.25) is 0 Å². The number of aryl methyl sites for hydroxylation is 1. The molecule has 8 heteroatoms. The van der Waals surface area contributed by atoms with Crippen LogP contribution in [0.1, 0.15) is 12.0 Å². The highest BCUT2D eigenvalue weighted by molar-refractivity contribution is 5.91. The molecule has 0 saturated heterocycles. The van der Waals surface area contributed by atoms with Gasteiger partial charge in [-0.3, -0.25) is 4.79 Å². The number of fused-ring (bicyclic) bond motifs is 1. The average molecular weight is 353 g/mol. The topological polar surface area (TPSA) is 56.8 Å². The summed E-state index contributed by atoms with van der Waals surface area (Å²) in [4.78, 5) is 12.0. The Morgan fingerprint density at radius 2 is 1.92 bits per heavy atom. The fourth-order valence-electron chi connectivity index (χ4n) is 2.35. The number of benzene rings is 2. The molecule has 132 valence electrons. The van der Waals surface area contributed by atoms with Gasteiger partial charge in [0.15, 0.2) is 11.5 Å². The number of hydrogen-bond donors (Lipinski definition) is 1. The molecule has 0 aliphatic carbocycles. The largest absolute Gasteiger partial charge is 0.573 e. The van der Waals surface area contributed by atoms with Crippen molar-refractivity contribution < 1.29 is 32.2 Å². The van der Waals surface area contributed by atoms with Gasteiger partial charge in [-0.2, -0.15) is 0 Å². The molecule has 5 nitrogen and oxygen atoms in total. The summed E-state index contributed by atoms with van der Waals surface area (Å²) in [6, 6.07) is 10.5. The molecule has 0 atom stereocenters. The van der Waals surface area contributed by atoms with Crippen LogP contribution in [-0.4, -0.2) is 19.1 Å². The van der Waals surface area contributed by atoms with Gasteiger partial charge >= 0.3 is 6.36 Å². The lowest BCUT2D eigenvalue weighted by atomic mass is 10.1. The Labute approximate surface area is 141 Å². The number of carbonyl (C=O) groups is 1. The van der Waals surface area contributed by atoms with Crippen LogP contribution in [0, 0.1) is 0 Å². The predicted octanol–water partition coefficient (Wildman–Crippen LogP) is 3.89. The van der Waals surface area contributed by atoms with E-state index in [4.69, 9.17) is 9.47 Å². The number of hydrogen-bond acceptors (Lipinski definition) is 4. The van der Waals surface area contributed by atoms with Crippen LogP contribution in [0.25, 0.3) is 0 Å². The first kappa shape index (κ1) is 16.9. The third-order valence-corrected chi connectivity index (χ3v) is 3.43. The predicted molar refractivity (Wildman–Crippen MR) is 82.6 cm³/mol. The molecule has 1 amide bonds. The van der Waals surface area contributed by atoms with E-state index in [0.717, 1.165) is 17.7 Å². The highest BCUT2D eigenvalue weighted by Gasteiger charge is 2.31. The quantitative estimate of drug-likeness (QED) is 0.886. The summed E-state index contributed by atoms with van der Waals surface area (Å²) in [6.07, 6.45) is -4.15. The van der Waals surface area contributed by atoms with E-state index in [-0.39, 0.29) is 30.6 Å². The Balaban J connectivity index is 1.55. The van der Waals surface area contributed by atoms with Gasteiger partial charge < -0.3 is 19.5 Å². The molecule has 1 aliphatic rings. The summed E-state index contributed by atoms with van der Waals surface area (Å²) < 4.78 is 50.9. The molecule has 0 radical (unpaired) electrons. The summed E-state index contributed by atoms with van der Waals surface area (Å²) in [7, 11) is 0. The van der Waals surface area contributed by atoms with E-state index in [1.807, 2.05) is 6.07 Å². The number of carbonyl (C=O) groups excluding carboxylic acids is 1. The summed E-state index contributed by atoms with van der Waals surface area (Å²) in [5.41, 5.74) is 1.13. The van der Waals surface area contributed by atoms with Gasteiger partial charge in [0.05, 0.1) is 0 Å². The second-order valence-electron chi connectivity index (χ2n) is 5.31. The summed E-state index contributed by atoms with van der Waals surface area (Å²) >= 11 is 0. The van der Waals surface area contributed by atoms with Gasteiger partial charge in [0.1, 0.15) is 5.75 Å². The van der Waals surface area contributed by atoms with E-state index < -0.39 is 6.36 Å². The molecule has 2 aromatic carbocycles. The first-order valence-corrected chi connectivity index (χ1v) is 7.43. The summed E-state index contributed by atoms with van der Waals surface area (Å²) in [6.45, 7) is 0.176. The lowest BCUT2D eigenvalue weighted by molar-refractivity contribution is -0.274. The lowest BCUT2D eigenvalue weighted by Crippen LogP contribution is -2.17. The second-order valence-corrected chi connectivity index (χ2v) is 5.31. The van der Waals surface area contributed by atoms with Crippen LogP contribution >= 0.6 is 0 Å². The van der Waals surface area contributed by atoms with Gasteiger partial charge in [-0.1, -0.05) is 12.1 Å². The highest BCUT2D eigenvalue weighted by Crippen LogP contribution is 2.32. The van der Waals surface area contributed by atoms with Crippen LogP contribution in [0.3, 0.4) is 0 Å². The van der Waals surface area contributed by atoms with E-state index >= 15 is 0 Å². The minimum Gasteiger partial charge on any atom is -0.454 e. The Morgan fingerprint density at radius 1 is 1.12 bits per heavy atom. The van der Waals surface area contributed by atoms with Gasteiger partial charge in [0.2, 0.25) is 12.7 Å². The maximum absolute atomic E-state index is 12.2. The van der Waals surface area contributed by atoms with Gasteiger partial charge in [0, 0.05) is 18.2 Å². The number of halogens is 3. The smallest absolute Gasteiger partial charge is 0.454 e. The van der Waals surface area contributed by atoms with E-state index in [1.165, 1.54) is 12.1 Å². The number of alkyl halides is 3. The SMILES string of the molecule is O=C(CCc1ccc2c(c1)OCO2)Nc1cccc(OC(F)(F)F)c1. The number of ether oxygens (including phenoxy) is 3. The zero-order valence-electron chi connectivity index (χ0n) is 12.9. The molecule has 0 unspecified atom stereocenters. The third kappa shape index (κ3) is 4.79. The van der Waals surface area contributed by atoms with E-state index in [0.29, 0.717) is 17.9 Å². The van der Waals surface area contributed by atoms with Crippen molar-refractivity contribution in [1.29, 1.82) is 0 Å². The molecule has 2 aromatic rings. The maximum atomic E-state index is 12.2. The molecule has 25 heavy (non-hydrogen) atoms. The highest BCUT2D eigenvalue weighted by atomic mass is 19.4. The van der Waals surface area contributed by atoms with E-state index in [2.05, 4.69) is 10.1 Å². The lowest BCUT2D eigenvalue weighted by Gasteiger charge is -2.11. The van der Waals surface area contributed by atoms with Crippen molar-refractivity contribution in [2.75, 3.05) is 12.1 Å². The van der Waals surface area contributed by atoms with Gasteiger partial charge in [-0.05, 0) is 36.2 Å². The molecule has 1 N–H and O–H groups in total. The zero-order chi connectivity index (χ0) is 17.9. The molecule has 1 heterocycles. The first-order valence-electron chi connectivity index (χ1n) is 7.43. The Kier molecular flexibility index (Phi) is 4.69. The van der Waals surface area contributed by atoms with Crippen molar-refractivity contribution in [3.05, 3.63) is 48.0 Å². The molecule has 3 rings (SSSR count). The molecular formula is C17H14F3NO4. The van der Waals surface area contributed by atoms with Gasteiger partial charge in [0.25, 0.3) is 0 Å². The fraction of sp³-hybridized carbons (Fsp3) is 0.235. The van der Waals surface area contributed by atoms with Crippen molar-refractivity contribution in [1.82, 2.24) is 0 Å². The van der Waals surface area contributed by atoms with Crippen LogP contribution in [0.15, 0.2) is 42.5 Å². The number of nitrogens with one attached hydrogen (secondary N) is 1. The number of anilines is 1. The first-order chi connectivity index (χ1) is 11.9. The standard InChI is InChI=1S/C17H14F3NO4/c18-17(19,20)25-13-3-1-2-12(9-13)21-16(22)7-5-11-4-6-14-15(8-11)24-10-23-14/h1-4,6,8-9H,5,7,10H2,(H,21,22). The van der Waals surface area contributed by atoms with Gasteiger partial charge in [-0.15, -0.1) is 13.2 Å². The Hall–Kier alpha value is -2.90. The van der Waals surface area contributed by atoms with Crippen LogP contribution in [-0.2, 0) is 11.2 Å². The van der Waals surface area contributed by atoms with Crippen molar-refractivity contribution in [2.45, 2.75) is 19.2 Å². The molecule has 0 saturated carbocycles. The zero-order valence-corrected chi connectivity index (χ0v) is 12.9. The summed E-state index contributed by atoms with van der Waals surface area (Å²) in [5.74, 6) is 0.590. The van der Waals surface area contributed by atoms with Crippen molar-refractivity contribution in [3.63, 3.8) is 0 Å². The van der Waals surface area contributed by atoms with Crippen molar-refractivity contribution >= 4 is 11.6 Å². The monoisotopic (exact) mass is 353 g/mol. The van der Waals surface area contributed by atoms with Crippen LogP contribution in [0.4, 0.5) is 18.9 Å². The minimum atomic E-state index is -4.78. The average Bonchev–Trinajstić information content (AvgIpc) is 2.99. The summed E-state index contributed by atoms with van der Waals surface area (Å²) in [5, 5.41) is 2.55. The van der Waals surface area contributed by atoms with E-state index in [9.17, 15) is 18.0 Å². The van der Waals surface area contributed by atoms with Crippen molar-refractivity contribution in [3.8, 4) is 17.2 Å². The molecule has 1 aliphatic heterocycles. The normalized spacial score (nSPS) is 12.8. The second kappa shape index (κ2) is 6.92. The Bertz CT molecular complexity index is 777. The van der Waals surface area contributed by atoms with Gasteiger partial charge in [-0.25, -0.2) is 0 Å². The minimum absolute atomic E-state index is 0.171. The fourth-order valence-corrected chi connectivity index (χ4v) is 2.35. The third-order valence-electron chi connectivity index (χ3n) is 3.43. The molecule has 0 spiro atoms. The maximum Gasteiger partial charge on any atom is 0.573 e. The molecule has 0 fully saturated rings. The van der Waals surface area contributed by atoms with Crippen LogP contribution in [0.5, 0.6) is 17.2 Å².